The highest BCUT2D eigenvalue weighted by Crippen LogP contribution is 2.16. The molecule has 24 heavy (non-hydrogen) atoms. The van der Waals surface area contributed by atoms with E-state index in [2.05, 4.69) is 15.6 Å². The first-order valence-electron chi connectivity index (χ1n) is 7.70. The van der Waals surface area contributed by atoms with Gasteiger partial charge in [-0.25, -0.2) is 0 Å². The largest absolute Gasteiger partial charge is 0.491 e. The molecule has 0 saturated heterocycles. The number of nitrogens with zero attached hydrogens (tertiary/aromatic N) is 1. The number of nitrogens with two attached hydrogens (primary N) is 1. The summed E-state index contributed by atoms with van der Waals surface area (Å²) >= 11 is 0. The minimum absolute atomic E-state index is 0.131. The summed E-state index contributed by atoms with van der Waals surface area (Å²) in [6.07, 6.45) is 1.58. The van der Waals surface area contributed by atoms with Crippen LogP contribution in [0.5, 0.6) is 5.75 Å². The highest BCUT2D eigenvalue weighted by molar-refractivity contribution is 5.92. The van der Waals surface area contributed by atoms with Crippen molar-refractivity contribution >= 4 is 17.6 Å². The first kappa shape index (κ1) is 17.4. The van der Waals surface area contributed by atoms with Gasteiger partial charge in [-0.1, -0.05) is 0 Å². The van der Waals surface area contributed by atoms with Gasteiger partial charge in [-0.15, -0.1) is 0 Å². The zero-order chi connectivity index (χ0) is 17.4. The summed E-state index contributed by atoms with van der Waals surface area (Å²) in [6.45, 7) is 4.67. The molecule has 0 aliphatic rings. The van der Waals surface area contributed by atoms with Gasteiger partial charge in [0.15, 0.2) is 11.7 Å². The fraction of sp³-hybridized carbons (Fsp3) is 0.294. The van der Waals surface area contributed by atoms with Gasteiger partial charge in [-0.05, 0) is 50.2 Å². The topological polar surface area (TPSA) is 102 Å². The van der Waals surface area contributed by atoms with Crippen LogP contribution in [-0.2, 0) is 0 Å². The fourth-order valence-corrected chi connectivity index (χ4v) is 1.92. The van der Waals surface area contributed by atoms with Gasteiger partial charge >= 0.3 is 0 Å². The van der Waals surface area contributed by atoms with Crippen molar-refractivity contribution in [2.24, 2.45) is 10.7 Å². The van der Waals surface area contributed by atoms with E-state index in [9.17, 15) is 4.79 Å². The summed E-state index contributed by atoms with van der Waals surface area (Å²) < 4.78 is 10.6. The lowest BCUT2D eigenvalue weighted by Gasteiger charge is -2.11. The molecule has 2 rings (SSSR count). The van der Waals surface area contributed by atoms with Crippen LogP contribution in [0, 0.1) is 0 Å². The third kappa shape index (κ3) is 5.68. The standard InChI is InChI=1S/C17H22N4O3/c1-12(2)24-14-7-5-13(6-8-14)21-17(18)20-10-9-19-16(22)15-4-3-11-23-15/h3-8,11-12H,9-10H2,1-2H3,(H,19,22)(H3,18,20,21). The van der Waals surface area contributed by atoms with Crippen LogP contribution in [0.4, 0.5) is 5.69 Å². The Balaban J connectivity index is 1.74. The van der Waals surface area contributed by atoms with Crippen LogP contribution in [-0.4, -0.2) is 31.1 Å². The molecule has 0 spiro atoms. The average Bonchev–Trinajstić information content (AvgIpc) is 3.07. The van der Waals surface area contributed by atoms with E-state index in [1.165, 1.54) is 6.26 Å². The predicted octanol–water partition coefficient (Wildman–Crippen LogP) is 2.22. The molecule has 0 atom stereocenters. The summed E-state index contributed by atoms with van der Waals surface area (Å²) in [5.41, 5.74) is 6.62. The fourth-order valence-electron chi connectivity index (χ4n) is 1.92. The van der Waals surface area contributed by atoms with E-state index in [0.717, 1.165) is 11.4 Å². The predicted molar refractivity (Wildman–Crippen MR) is 93.4 cm³/mol. The first-order chi connectivity index (χ1) is 11.5. The van der Waals surface area contributed by atoms with E-state index in [4.69, 9.17) is 14.9 Å². The van der Waals surface area contributed by atoms with Gasteiger partial charge in [-0.3, -0.25) is 9.79 Å². The first-order valence-corrected chi connectivity index (χ1v) is 7.70. The number of carbonyl (C=O) groups is 1. The number of rotatable bonds is 7. The number of hydrogen-bond donors (Lipinski definition) is 3. The molecule has 0 bridgehead atoms. The Hall–Kier alpha value is -2.96. The molecule has 1 aromatic carbocycles. The van der Waals surface area contributed by atoms with Crippen molar-refractivity contribution in [2.75, 3.05) is 18.4 Å². The zero-order valence-corrected chi connectivity index (χ0v) is 13.8. The highest BCUT2D eigenvalue weighted by atomic mass is 16.5. The molecule has 4 N–H and O–H groups in total. The Labute approximate surface area is 140 Å². The lowest BCUT2D eigenvalue weighted by molar-refractivity contribution is 0.0927. The quantitative estimate of drug-likeness (QED) is 0.410. The van der Waals surface area contributed by atoms with Gasteiger partial charge in [0.1, 0.15) is 5.75 Å². The number of benzene rings is 1. The van der Waals surface area contributed by atoms with Crippen molar-refractivity contribution in [2.45, 2.75) is 20.0 Å². The minimum Gasteiger partial charge on any atom is -0.491 e. The number of aliphatic imine (C=N–C) groups is 1. The molecule has 0 saturated carbocycles. The van der Waals surface area contributed by atoms with Crippen molar-refractivity contribution in [3.63, 3.8) is 0 Å². The molecule has 2 aromatic rings. The number of ether oxygens (including phenoxy) is 1. The maximum absolute atomic E-state index is 11.6. The molecule has 1 aromatic heterocycles. The number of nitrogens with one attached hydrogen (secondary N) is 2. The molecular formula is C17H22N4O3. The van der Waals surface area contributed by atoms with E-state index in [1.54, 1.807) is 12.1 Å². The second-order valence-electron chi connectivity index (χ2n) is 5.32. The van der Waals surface area contributed by atoms with Gasteiger partial charge < -0.3 is 25.5 Å². The number of hydrogen-bond acceptors (Lipinski definition) is 4. The molecule has 7 heteroatoms. The number of anilines is 1. The van der Waals surface area contributed by atoms with E-state index in [1.807, 2.05) is 38.1 Å². The van der Waals surface area contributed by atoms with E-state index in [0.29, 0.717) is 13.1 Å². The number of guanidine groups is 1. The zero-order valence-electron chi connectivity index (χ0n) is 13.8. The molecule has 0 radical (unpaired) electrons. The van der Waals surface area contributed by atoms with Crippen LogP contribution in [0.2, 0.25) is 0 Å². The number of furan rings is 1. The minimum atomic E-state index is -0.275. The normalized spacial score (nSPS) is 11.4. The van der Waals surface area contributed by atoms with Crippen LogP contribution in [0.15, 0.2) is 52.1 Å². The van der Waals surface area contributed by atoms with Gasteiger partial charge in [0, 0.05) is 12.2 Å². The Morgan fingerprint density at radius 3 is 2.67 bits per heavy atom. The van der Waals surface area contributed by atoms with Crippen LogP contribution >= 0.6 is 0 Å². The third-order valence-electron chi connectivity index (χ3n) is 2.92. The highest BCUT2D eigenvalue weighted by Gasteiger charge is 2.06. The van der Waals surface area contributed by atoms with Crippen molar-refractivity contribution < 1.29 is 13.9 Å². The van der Waals surface area contributed by atoms with Crippen molar-refractivity contribution in [1.29, 1.82) is 0 Å². The lowest BCUT2D eigenvalue weighted by Crippen LogP contribution is -2.28. The molecular weight excluding hydrogens is 308 g/mol. The van der Waals surface area contributed by atoms with Gasteiger partial charge in [0.25, 0.3) is 5.91 Å². The van der Waals surface area contributed by atoms with Crippen LogP contribution in [0.1, 0.15) is 24.4 Å². The van der Waals surface area contributed by atoms with Crippen molar-refractivity contribution in [3.8, 4) is 5.75 Å². The monoisotopic (exact) mass is 330 g/mol. The average molecular weight is 330 g/mol. The summed E-state index contributed by atoms with van der Waals surface area (Å²) in [4.78, 5) is 15.8. The van der Waals surface area contributed by atoms with Crippen LogP contribution in [0.25, 0.3) is 0 Å². The van der Waals surface area contributed by atoms with Gasteiger partial charge in [0.05, 0.1) is 18.9 Å². The summed E-state index contributed by atoms with van der Waals surface area (Å²) in [5.74, 6) is 1.07. The molecule has 0 unspecified atom stereocenters. The summed E-state index contributed by atoms with van der Waals surface area (Å²) in [5, 5.41) is 5.67. The Morgan fingerprint density at radius 2 is 2.04 bits per heavy atom. The number of amides is 1. The maximum Gasteiger partial charge on any atom is 0.287 e. The molecule has 0 fully saturated rings. The molecule has 128 valence electrons. The summed E-state index contributed by atoms with van der Waals surface area (Å²) in [6, 6.07) is 10.7. The number of carbonyl (C=O) groups excluding carboxylic acids is 1. The van der Waals surface area contributed by atoms with Gasteiger partial charge in [-0.2, -0.15) is 0 Å². The molecule has 0 aliphatic heterocycles. The third-order valence-corrected chi connectivity index (χ3v) is 2.92. The Morgan fingerprint density at radius 1 is 1.29 bits per heavy atom. The second kappa shape index (κ2) is 8.61. The van der Waals surface area contributed by atoms with E-state index >= 15 is 0 Å². The van der Waals surface area contributed by atoms with E-state index < -0.39 is 0 Å². The van der Waals surface area contributed by atoms with Crippen molar-refractivity contribution in [3.05, 3.63) is 48.4 Å². The van der Waals surface area contributed by atoms with Crippen LogP contribution < -0.4 is 21.1 Å². The molecule has 1 heterocycles. The van der Waals surface area contributed by atoms with E-state index in [-0.39, 0.29) is 23.7 Å². The smallest absolute Gasteiger partial charge is 0.287 e. The Bertz CT molecular complexity index is 664. The molecule has 1 amide bonds. The SMILES string of the molecule is CC(C)Oc1ccc(NC(N)=NCCNC(=O)c2ccco2)cc1. The van der Waals surface area contributed by atoms with Crippen LogP contribution in [0.3, 0.4) is 0 Å². The Kier molecular flexibility index (Phi) is 6.24. The lowest BCUT2D eigenvalue weighted by atomic mass is 10.3. The molecule has 0 aliphatic carbocycles. The maximum atomic E-state index is 11.6. The summed E-state index contributed by atoms with van der Waals surface area (Å²) in [7, 11) is 0. The van der Waals surface area contributed by atoms with Crippen molar-refractivity contribution in [1.82, 2.24) is 5.32 Å². The van der Waals surface area contributed by atoms with Gasteiger partial charge in [0.2, 0.25) is 0 Å². The second-order valence-corrected chi connectivity index (χ2v) is 5.32. The molecule has 7 nitrogen and oxygen atoms in total.